The smallest absolute Gasteiger partial charge is 0.204 e. The molecule has 1 N–H and O–H groups in total. The highest BCUT2D eigenvalue weighted by Gasteiger charge is 2.21. The first-order chi connectivity index (χ1) is 9.11. The molecule has 2 rings (SSSR count). The molecule has 1 saturated carbocycles. The molecule has 0 heterocycles. The summed E-state index contributed by atoms with van der Waals surface area (Å²) in [6, 6.07) is 2.35. The molecule has 0 saturated heterocycles. The van der Waals surface area contributed by atoms with Crippen molar-refractivity contribution in [3.05, 3.63) is 36.4 Å². The molecule has 0 aliphatic heterocycles. The number of aromatic hydroxyl groups is 1. The van der Waals surface area contributed by atoms with Gasteiger partial charge < -0.3 is 9.84 Å². The summed E-state index contributed by atoms with van der Waals surface area (Å²) in [5, 5.41) is 9.02. The summed E-state index contributed by atoms with van der Waals surface area (Å²) < 4.78 is 31.9. The summed E-state index contributed by atoms with van der Waals surface area (Å²) in [5.41, 5.74) is 0. The van der Waals surface area contributed by atoms with Gasteiger partial charge in [-0.2, -0.15) is 8.78 Å². The zero-order valence-corrected chi connectivity index (χ0v) is 10.7. The van der Waals surface area contributed by atoms with Crippen molar-refractivity contribution < 1.29 is 18.6 Å². The van der Waals surface area contributed by atoms with Crippen molar-refractivity contribution in [2.24, 2.45) is 11.8 Å². The van der Waals surface area contributed by atoms with E-state index in [2.05, 4.69) is 6.58 Å². The molecule has 1 fully saturated rings. The third kappa shape index (κ3) is 3.25. The number of hydrogen-bond acceptors (Lipinski definition) is 2. The first-order valence-corrected chi connectivity index (χ1v) is 6.54. The Kier molecular flexibility index (Phi) is 4.40. The lowest BCUT2D eigenvalue weighted by Crippen LogP contribution is -2.19. The zero-order chi connectivity index (χ0) is 13.8. The zero-order valence-electron chi connectivity index (χ0n) is 10.7. The van der Waals surface area contributed by atoms with Crippen LogP contribution >= 0.6 is 0 Å². The lowest BCUT2D eigenvalue weighted by Gasteiger charge is -2.26. The van der Waals surface area contributed by atoms with Crippen LogP contribution in [0.25, 0.3) is 0 Å². The van der Waals surface area contributed by atoms with E-state index in [1.54, 1.807) is 0 Å². The van der Waals surface area contributed by atoms with Gasteiger partial charge >= 0.3 is 0 Å². The summed E-state index contributed by atoms with van der Waals surface area (Å²) in [6.07, 6.45) is 6.15. The fourth-order valence-electron chi connectivity index (χ4n) is 2.43. The van der Waals surface area contributed by atoms with Crippen LogP contribution in [0.5, 0.6) is 11.5 Å². The second kappa shape index (κ2) is 6.04. The van der Waals surface area contributed by atoms with Gasteiger partial charge in [0.2, 0.25) is 11.6 Å². The SMILES string of the molecule is C=CC1CCC(COc2ccc(O)c(F)c2F)CC1. The van der Waals surface area contributed by atoms with E-state index in [0.717, 1.165) is 31.7 Å². The molecule has 1 aromatic carbocycles. The van der Waals surface area contributed by atoms with E-state index in [1.807, 2.05) is 6.08 Å². The highest BCUT2D eigenvalue weighted by Crippen LogP contribution is 2.31. The molecular formula is C15H18F2O2. The Morgan fingerprint density at radius 3 is 2.53 bits per heavy atom. The van der Waals surface area contributed by atoms with E-state index in [4.69, 9.17) is 9.84 Å². The second-order valence-electron chi connectivity index (χ2n) is 5.04. The Bertz CT molecular complexity index is 452. The van der Waals surface area contributed by atoms with Crippen molar-refractivity contribution in [3.63, 3.8) is 0 Å². The molecule has 4 heteroatoms. The van der Waals surface area contributed by atoms with Crippen LogP contribution in [0.3, 0.4) is 0 Å². The lowest BCUT2D eigenvalue weighted by atomic mass is 9.82. The average Bonchev–Trinajstić information content (AvgIpc) is 2.45. The topological polar surface area (TPSA) is 29.5 Å². The van der Waals surface area contributed by atoms with E-state index in [-0.39, 0.29) is 5.75 Å². The maximum Gasteiger partial charge on any atom is 0.204 e. The largest absolute Gasteiger partial charge is 0.505 e. The number of hydrogen-bond donors (Lipinski definition) is 1. The fraction of sp³-hybridized carbons (Fsp3) is 0.467. The molecule has 104 valence electrons. The number of benzene rings is 1. The van der Waals surface area contributed by atoms with Crippen molar-refractivity contribution >= 4 is 0 Å². The molecule has 0 atom stereocenters. The number of ether oxygens (including phenoxy) is 1. The summed E-state index contributed by atoms with van der Waals surface area (Å²) >= 11 is 0. The molecule has 1 aromatic rings. The third-order valence-corrected chi connectivity index (χ3v) is 3.73. The van der Waals surface area contributed by atoms with Crippen LogP contribution in [0.4, 0.5) is 8.78 Å². The molecule has 0 radical (unpaired) electrons. The number of phenolic OH excluding ortho intramolecular Hbond substituents is 1. The third-order valence-electron chi connectivity index (χ3n) is 3.73. The summed E-state index contributed by atoms with van der Waals surface area (Å²) in [7, 11) is 0. The van der Waals surface area contributed by atoms with Crippen molar-refractivity contribution in [1.82, 2.24) is 0 Å². The van der Waals surface area contributed by atoms with Crippen LogP contribution < -0.4 is 4.74 Å². The molecule has 0 amide bonds. The first-order valence-electron chi connectivity index (χ1n) is 6.54. The minimum absolute atomic E-state index is 0.138. The van der Waals surface area contributed by atoms with Gasteiger partial charge in [-0.1, -0.05) is 6.08 Å². The molecule has 0 unspecified atom stereocenters. The fourth-order valence-corrected chi connectivity index (χ4v) is 2.43. The quantitative estimate of drug-likeness (QED) is 0.835. The highest BCUT2D eigenvalue weighted by atomic mass is 19.2. The molecule has 0 spiro atoms. The van der Waals surface area contributed by atoms with Crippen LogP contribution in [0.1, 0.15) is 25.7 Å². The standard InChI is InChI=1S/C15H18F2O2/c1-2-10-3-5-11(6-4-10)9-19-13-8-7-12(18)14(16)15(13)17/h2,7-8,10-11,18H,1,3-6,9H2. The van der Waals surface area contributed by atoms with Gasteiger partial charge in [-0.15, -0.1) is 6.58 Å². The first kappa shape index (κ1) is 13.8. The molecule has 1 aliphatic rings. The average molecular weight is 268 g/mol. The van der Waals surface area contributed by atoms with Gasteiger partial charge in [0.05, 0.1) is 6.61 Å². The number of halogens is 2. The van der Waals surface area contributed by atoms with Gasteiger partial charge in [0, 0.05) is 0 Å². The minimum Gasteiger partial charge on any atom is -0.505 e. The van der Waals surface area contributed by atoms with Crippen LogP contribution in [-0.4, -0.2) is 11.7 Å². The van der Waals surface area contributed by atoms with Crippen LogP contribution in [0, 0.1) is 23.5 Å². The van der Waals surface area contributed by atoms with E-state index in [9.17, 15) is 8.78 Å². The Hall–Kier alpha value is -1.58. The lowest BCUT2D eigenvalue weighted by molar-refractivity contribution is 0.187. The predicted octanol–water partition coefficient (Wildman–Crippen LogP) is 4.04. The number of rotatable bonds is 4. The molecule has 19 heavy (non-hydrogen) atoms. The van der Waals surface area contributed by atoms with Gasteiger partial charge in [0.1, 0.15) is 0 Å². The van der Waals surface area contributed by atoms with Crippen LogP contribution in [0.2, 0.25) is 0 Å². The van der Waals surface area contributed by atoms with E-state index in [0.29, 0.717) is 18.4 Å². The molecule has 0 aromatic heterocycles. The monoisotopic (exact) mass is 268 g/mol. The van der Waals surface area contributed by atoms with E-state index in [1.165, 1.54) is 6.07 Å². The summed E-state index contributed by atoms with van der Waals surface area (Å²) in [4.78, 5) is 0. The number of phenols is 1. The Balaban J connectivity index is 1.89. The molecular weight excluding hydrogens is 250 g/mol. The maximum atomic E-state index is 13.5. The Morgan fingerprint density at radius 2 is 1.89 bits per heavy atom. The summed E-state index contributed by atoms with van der Waals surface area (Å²) in [6.45, 7) is 4.17. The molecule has 2 nitrogen and oxygen atoms in total. The summed E-state index contributed by atoms with van der Waals surface area (Å²) in [5.74, 6) is -2.28. The van der Waals surface area contributed by atoms with Gasteiger partial charge in [-0.25, -0.2) is 0 Å². The maximum absolute atomic E-state index is 13.5. The van der Waals surface area contributed by atoms with Gasteiger partial charge in [-0.05, 0) is 49.7 Å². The minimum atomic E-state index is -1.26. The number of allylic oxidation sites excluding steroid dienone is 1. The van der Waals surface area contributed by atoms with Crippen molar-refractivity contribution in [2.75, 3.05) is 6.61 Å². The molecule has 1 aliphatic carbocycles. The second-order valence-corrected chi connectivity index (χ2v) is 5.04. The van der Waals surface area contributed by atoms with Gasteiger partial charge in [0.25, 0.3) is 0 Å². The van der Waals surface area contributed by atoms with Crippen molar-refractivity contribution in [2.45, 2.75) is 25.7 Å². The van der Waals surface area contributed by atoms with Crippen molar-refractivity contribution in [3.8, 4) is 11.5 Å². The Morgan fingerprint density at radius 1 is 1.21 bits per heavy atom. The van der Waals surface area contributed by atoms with Gasteiger partial charge in [-0.3, -0.25) is 0 Å². The molecule has 0 bridgehead atoms. The van der Waals surface area contributed by atoms with E-state index < -0.39 is 17.4 Å². The normalized spacial score (nSPS) is 23.1. The highest BCUT2D eigenvalue weighted by molar-refractivity contribution is 5.33. The van der Waals surface area contributed by atoms with Gasteiger partial charge in [0.15, 0.2) is 11.5 Å². The van der Waals surface area contributed by atoms with Crippen LogP contribution in [0.15, 0.2) is 24.8 Å². The van der Waals surface area contributed by atoms with Crippen LogP contribution in [-0.2, 0) is 0 Å². The van der Waals surface area contributed by atoms with E-state index >= 15 is 0 Å². The van der Waals surface area contributed by atoms with Crippen molar-refractivity contribution in [1.29, 1.82) is 0 Å². The predicted molar refractivity (Wildman–Crippen MR) is 69.2 cm³/mol. The Labute approximate surface area is 111 Å².